The predicted octanol–water partition coefficient (Wildman–Crippen LogP) is 1.86. The van der Waals surface area contributed by atoms with Gasteiger partial charge >= 0.3 is 5.97 Å². The van der Waals surface area contributed by atoms with Crippen LogP contribution in [0, 0.1) is 0 Å². The van der Waals surface area contributed by atoms with Crippen LogP contribution in [0.3, 0.4) is 0 Å². The highest BCUT2D eigenvalue weighted by atomic mass is 16.5. The lowest BCUT2D eigenvalue weighted by Crippen LogP contribution is -2.08. The summed E-state index contributed by atoms with van der Waals surface area (Å²) in [5.41, 5.74) is 0. The third-order valence-electron chi connectivity index (χ3n) is 1.68. The number of allylic oxidation sites excluding steroid dienone is 1. The van der Waals surface area contributed by atoms with Crippen molar-refractivity contribution in [3.8, 4) is 0 Å². The Bertz CT molecular complexity index is 185. The zero-order valence-corrected chi connectivity index (χ0v) is 8.04. The maximum Gasteiger partial charge on any atom is 0.313 e. The van der Waals surface area contributed by atoms with E-state index in [9.17, 15) is 9.59 Å². The maximum absolute atomic E-state index is 11.0. The van der Waals surface area contributed by atoms with Crippen molar-refractivity contribution in [1.29, 1.82) is 0 Å². The molecule has 3 nitrogen and oxygen atoms in total. The Morgan fingerprint density at radius 2 is 2.08 bits per heavy atom. The molecule has 3 heteroatoms. The molecular formula is C10H16O3. The van der Waals surface area contributed by atoms with Gasteiger partial charge < -0.3 is 4.74 Å². The molecule has 0 aromatic carbocycles. The van der Waals surface area contributed by atoms with Gasteiger partial charge in [-0.25, -0.2) is 0 Å². The number of hydrogen-bond acceptors (Lipinski definition) is 3. The van der Waals surface area contributed by atoms with Gasteiger partial charge in [0, 0.05) is 6.42 Å². The molecule has 0 fully saturated rings. The number of carbonyl (C=O) groups excluding carboxylic acids is 2. The first kappa shape index (κ1) is 11.9. The molecule has 0 aliphatic rings. The lowest BCUT2D eigenvalue weighted by molar-refractivity contribution is -0.143. The topological polar surface area (TPSA) is 43.4 Å². The quantitative estimate of drug-likeness (QED) is 0.262. The summed E-state index contributed by atoms with van der Waals surface area (Å²) in [6.45, 7) is 3.58. The molecule has 0 rings (SSSR count). The highest BCUT2D eigenvalue weighted by Crippen LogP contribution is 2.03. The second kappa shape index (κ2) is 7.53. The molecule has 0 aliphatic heterocycles. The largest absolute Gasteiger partial charge is 0.469 e. The number of methoxy groups -OCH3 is 1. The van der Waals surface area contributed by atoms with Crippen LogP contribution in [-0.2, 0) is 14.3 Å². The van der Waals surface area contributed by atoms with Crippen LogP contribution in [0.5, 0.6) is 0 Å². The Hall–Kier alpha value is -1.12. The van der Waals surface area contributed by atoms with Crippen LogP contribution in [0.4, 0.5) is 0 Å². The highest BCUT2D eigenvalue weighted by molar-refractivity contribution is 5.95. The van der Waals surface area contributed by atoms with Gasteiger partial charge in [-0.05, 0) is 19.3 Å². The van der Waals surface area contributed by atoms with Crippen molar-refractivity contribution >= 4 is 11.8 Å². The molecule has 0 saturated carbocycles. The molecule has 0 heterocycles. The summed E-state index contributed by atoms with van der Waals surface area (Å²) in [7, 11) is 1.29. The smallest absolute Gasteiger partial charge is 0.313 e. The summed E-state index contributed by atoms with van der Waals surface area (Å²) in [6, 6.07) is 0. The number of unbranched alkanes of at least 4 members (excludes halogenated alkanes) is 2. The van der Waals surface area contributed by atoms with Gasteiger partial charge in [0.05, 0.1) is 7.11 Å². The second-order valence-corrected chi connectivity index (χ2v) is 2.83. The summed E-state index contributed by atoms with van der Waals surface area (Å²) >= 11 is 0. The molecule has 0 atom stereocenters. The van der Waals surface area contributed by atoms with E-state index in [1.165, 1.54) is 7.11 Å². The lowest BCUT2D eigenvalue weighted by atomic mass is 10.1. The van der Waals surface area contributed by atoms with Crippen LogP contribution in [0.1, 0.15) is 32.1 Å². The van der Waals surface area contributed by atoms with E-state index in [4.69, 9.17) is 0 Å². The fourth-order valence-corrected chi connectivity index (χ4v) is 0.932. The van der Waals surface area contributed by atoms with Gasteiger partial charge in [-0.15, -0.1) is 6.58 Å². The van der Waals surface area contributed by atoms with Crippen molar-refractivity contribution < 1.29 is 14.3 Å². The maximum atomic E-state index is 11.0. The SMILES string of the molecule is C=CCCCCC(=O)CC(=O)OC. The second-order valence-electron chi connectivity index (χ2n) is 2.83. The van der Waals surface area contributed by atoms with Crippen LogP contribution >= 0.6 is 0 Å². The van der Waals surface area contributed by atoms with Gasteiger partial charge in [0.15, 0.2) is 0 Å². The molecular weight excluding hydrogens is 168 g/mol. The number of hydrogen-bond donors (Lipinski definition) is 0. The molecule has 0 N–H and O–H groups in total. The van der Waals surface area contributed by atoms with E-state index in [0.29, 0.717) is 6.42 Å². The number of ether oxygens (including phenoxy) is 1. The van der Waals surface area contributed by atoms with Crippen molar-refractivity contribution in [2.45, 2.75) is 32.1 Å². The number of esters is 1. The molecule has 0 bridgehead atoms. The number of Topliss-reactive ketones (excluding diaryl/α,β-unsaturated/α-hetero) is 1. The van der Waals surface area contributed by atoms with Gasteiger partial charge in [0.2, 0.25) is 0 Å². The minimum atomic E-state index is -0.450. The van der Waals surface area contributed by atoms with Gasteiger partial charge in [0.25, 0.3) is 0 Å². The van der Waals surface area contributed by atoms with E-state index in [1.54, 1.807) is 0 Å². The van der Waals surface area contributed by atoms with E-state index >= 15 is 0 Å². The average Bonchev–Trinajstić information content (AvgIpc) is 2.12. The summed E-state index contributed by atoms with van der Waals surface area (Å²) in [5, 5.41) is 0. The van der Waals surface area contributed by atoms with Crippen molar-refractivity contribution in [3.05, 3.63) is 12.7 Å². The van der Waals surface area contributed by atoms with Crippen molar-refractivity contribution in [1.82, 2.24) is 0 Å². The fourth-order valence-electron chi connectivity index (χ4n) is 0.932. The summed E-state index contributed by atoms with van der Waals surface area (Å²) in [6.07, 6.45) is 4.89. The first-order chi connectivity index (χ1) is 6.20. The Balaban J connectivity index is 3.40. The summed E-state index contributed by atoms with van der Waals surface area (Å²) in [4.78, 5) is 21.7. The zero-order chi connectivity index (χ0) is 10.1. The fraction of sp³-hybridized carbons (Fsp3) is 0.600. The van der Waals surface area contributed by atoms with Crippen molar-refractivity contribution in [3.63, 3.8) is 0 Å². The monoisotopic (exact) mass is 184 g/mol. The first-order valence-corrected chi connectivity index (χ1v) is 4.40. The average molecular weight is 184 g/mol. The Kier molecular flexibility index (Phi) is 6.88. The summed E-state index contributed by atoms with van der Waals surface area (Å²) in [5.74, 6) is -0.496. The van der Waals surface area contributed by atoms with Crippen LogP contribution in [0.25, 0.3) is 0 Å². The molecule has 0 amide bonds. The standard InChI is InChI=1S/C10H16O3/c1-3-4-5-6-7-9(11)8-10(12)13-2/h3H,1,4-8H2,2H3. The van der Waals surface area contributed by atoms with Crippen molar-refractivity contribution in [2.24, 2.45) is 0 Å². The highest BCUT2D eigenvalue weighted by Gasteiger charge is 2.08. The van der Waals surface area contributed by atoms with Gasteiger partial charge in [-0.3, -0.25) is 9.59 Å². The third kappa shape index (κ3) is 7.25. The molecule has 0 aliphatic carbocycles. The molecule has 74 valence electrons. The van der Waals surface area contributed by atoms with Gasteiger partial charge in [-0.2, -0.15) is 0 Å². The molecule has 0 saturated heterocycles. The van der Waals surface area contributed by atoms with Crippen LogP contribution in [-0.4, -0.2) is 18.9 Å². The van der Waals surface area contributed by atoms with E-state index in [0.717, 1.165) is 19.3 Å². The van der Waals surface area contributed by atoms with Crippen LogP contribution in [0.15, 0.2) is 12.7 Å². The minimum Gasteiger partial charge on any atom is -0.469 e. The molecule has 0 radical (unpaired) electrons. The Morgan fingerprint density at radius 1 is 1.38 bits per heavy atom. The van der Waals surface area contributed by atoms with Crippen molar-refractivity contribution in [2.75, 3.05) is 7.11 Å². The first-order valence-electron chi connectivity index (χ1n) is 4.40. The molecule has 0 spiro atoms. The van der Waals surface area contributed by atoms with Gasteiger partial charge in [-0.1, -0.05) is 6.08 Å². The lowest BCUT2D eigenvalue weighted by Gasteiger charge is -1.98. The van der Waals surface area contributed by atoms with E-state index in [2.05, 4.69) is 11.3 Å². The predicted molar refractivity (Wildman–Crippen MR) is 50.3 cm³/mol. The van der Waals surface area contributed by atoms with Crippen LogP contribution in [0.2, 0.25) is 0 Å². The normalized spacial score (nSPS) is 9.31. The number of carbonyl (C=O) groups is 2. The van der Waals surface area contributed by atoms with Crippen LogP contribution < -0.4 is 0 Å². The zero-order valence-electron chi connectivity index (χ0n) is 8.04. The van der Waals surface area contributed by atoms with E-state index < -0.39 is 5.97 Å². The Morgan fingerprint density at radius 3 is 2.62 bits per heavy atom. The van der Waals surface area contributed by atoms with Gasteiger partial charge in [0.1, 0.15) is 12.2 Å². The third-order valence-corrected chi connectivity index (χ3v) is 1.68. The molecule has 0 aromatic rings. The Labute approximate surface area is 78.8 Å². The molecule has 0 unspecified atom stereocenters. The molecule has 0 aromatic heterocycles. The van der Waals surface area contributed by atoms with E-state index in [-0.39, 0.29) is 12.2 Å². The molecule has 13 heavy (non-hydrogen) atoms. The minimum absolute atomic E-state index is 0.0455. The van der Waals surface area contributed by atoms with E-state index in [1.807, 2.05) is 6.08 Å². The summed E-state index contributed by atoms with van der Waals surface area (Å²) < 4.78 is 4.37. The number of rotatable bonds is 7. The number of ketones is 1.